The molecule has 0 bridgehead atoms. The van der Waals surface area contributed by atoms with Crippen LogP contribution in [0.15, 0.2) is 66.7 Å². The molecule has 0 spiro atoms. The number of rotatable bonds is 4. The molecule has 2 aliphatic heterocycles. The summed E-state index contributed by atoms with van der Waals surface area (Å²) in [7, 11) is 1.58. The predicted octanol–water partition coefficient (Wildman–Crippen LogP) is 2.36. The molecule has 5 rings (SSSR count). The Morgan fingerprint density at radius 2 is 1.61 bits per heavy atom. The van der Waals surface area contributed by atoms with Crippen molar-refractivity contribution < 1.29 is 24.2 Å². The number of hydrogen-bond acceptors (Lipinski definition) is 5. The van der Waals surface area contributed by atoms with Crippen molar-refractivity contribution in [3.8, 4) is 5.75 Å². The highest BCUT2D eigenvalue weighted by molar-refractivity contribution is 6.10. The largest absolute Gasteiger partial charge is 0.496 e. The molecule has 31 heavy (non-hydrogen) atoms. The van der Waals surface area contributed by atoms with Gasteiger partial charge in [0.1, 0.15) is 5.75 Å². The molecule has 2 saturated heterocycles. The van der Waals surface area contributed by atoms with Crippen molar-refractivity contribution in [2.24, 2.45) is 11.8 Å². The Bertz CT molecular complexity index is 1230. The van der Waals surface area contributed by atoms with E-state index >= 15 is 0 Å². The van der Waals surface area contributed by atoms with Gasteiger partial charge in [0.25, 0.3) is 0 Å². The van der Waals surface area contributed by atoms with Gasteiger partial charge < -0.3 is 9.84 Å². The molecule has 2 aliphatic rings. The summed E-state index contributed by atoms with van der Waals surface area (Å²) in [6.45, 7) is 0. The molecule has 0 aliphatic carbocycles. The van der Waals surface area contributed by atoms with Crippen LogP contribution in [0.1, 0.15) is 17.2 Å². The fraction of sp³-hybridized carbons (Fsp3) is 0.208. The lowest BCUT2D eigenvalue weighted by atomic mass is 9.75. The standard InChI is InChI=1S/C24H20N2O5/c1-31-17-12-11-16(14-9-5-6-10-15(14)17)20-18-19(22(28)25-21(18)27)24(26-20,23(29)30)13-7-3-2-4-8-13/h2-12,18-20,26H,1H3,(H,29,30)(H,25,27,28). The van der Waals surface area contributed by atoms with Crippen molar-refractivity contribution in [1.82, 2.24) is 10.6 Å². The van der Waals surface area contributed by atoms with E-state index in [4.69, 9.17) is 4.74 Å². The van der Waals surface area contributed by atoms with E-state index in [0.29, 0.717) is 11.3 Å². The summed E-state index contributed by atoms with van der Waals surface area (Å²) in [4.78, 5) is 38.4. The second-order valence-electron chi connectivity index (χ2n) is 7.86. The minimum Gasteiger partial charge on any atom is -0.496 e. The molecule has 2 amide bonds. The number of carbonyl (C=O) groups is 3. The molecule has 4 unspecified atom stereocenters. The van der Waals surface area contributed by atoms with E-state index in [1.165, 1.54) is 0 Å². The van der Waals surface area contributed by atoms with Gasteiger partial charge in [-0.05, 0) is 22.6 Å². The van der Waals surface area contributed by atoms with Gasteiger partial charge in [0.2, 0.25) is 11.8 Å². The van der Waals surface area contributed by atoms with E-state index in [1.54, 1.807) is 43.5 Å². The van der Waals surface area contributed by atoms with Crippen LogP contribution in [0.4, 0.5) is 0 Å². The van der Waals surface area contributed by atoms with Gasteiger partial charge in [0, 0.05) is 11.4 Å². The molecule has 156 valence electrons. The second-order valence-corrected chi connectivity index (χ2v) is 7.86. The van der Waals surface area contributed by atoms with Gasteiger partial charge in [-0.15, -0.1) is 0 Å². The Labute approximate surface area is 178 Å². The average molecular weight is 416 g/mol. The zero-order valence-corrected chi connectivity index (χ0v) is 16.7. The lowest BCUT2D eigenvalue weighted by molar-refractivity contribution is -0.149. The maximum absolute atomic E-state index is 12.9. The van der Waals surface area contributed by atoms with Crippen molar-refractivity contribution in [3.05, 3.63) is 77.9 Å². The number of imide groups is 1. The quantitative estimate of drug-likeness (QED) is 0.564. The van der Waals surface area contributed by atoms with E-state index in [1.807, 2.05) is 30.3 Å². The molecule has 3 aromatic carbocycles. The Morgan fingerprint density at radius 3 is 2.29 bits per heavy atom. The molecule has 0 radical (unpaired) electrons. The van der Waals surface area contributed by atoms with E-state index in [2.05, 4.69) is 10.6 Å². The Kier molecular flexibility index (Phi) is 4.30. The first-order valence-corrected chi connectivity index (χ1v) is 9.96. The lowest BCUT2D eigenvalue weighted by Crippen LogP contribution is -2.52. The van der Waals surface area contributed by atoms with Crippen LogP contribution in [-0.4, -0.2) is 30.0 Å². The normalized spacial score (nSPS) is 27.2. The number of benzene rings is 3. The summed E-state index contributed by atoms with van der Waals surface area (Å²) < 4.78 is 5.47. The second kappa shape index (κ2) is 6.92. The number of amides is 2. The number of fused-ring (bicyclic) bond motifs is 2. The molecule has 3 aromatic rings. The highest BCUT2D eigenvalue weighted by atomic mass is 16.5. The minimum absolute atomic E-state index is 0.433. The summed E-state index contributed by atoms with van der Waals surface area (Å²) in [6, 6.07) is 19.1. The maximum Gasteiger partial charge on any atom is 0.329 e. The van der Waals surface area contributed by atoms with Gasteiger partial charge in [0.05, 0.1) is 18.9 Å². The Morgan fingerprint density at radius 1 is 0.935 bits per heavy atom. The number of aliphatic carboxylic acids is 1. The highest BCUT2D eigenvalue weighted by Crippen LogP contribution is 2.52. The molecule has 2 fully saturated rings. The van der Waals surface area contributed by atoms with Crippen LogP contribution in [0.25, 0.3) is 10.8 Å². The van der Waals surface area contributed by atoms with Crippen molar-refractivity contribution in [1.29, 1.82) is 0 Å². The van der Waals surface area contributed by atoms with E-state index in [-0.39, 0.29) is 0 Å². The minimum atomic E-state index is -1.73. The molecule has 3 N–H and O–H groups in total. The van der Waals surface area contributed by atoms with E-state index in [0.717, 1.165) is 16.3 Å². The fourth-order valence-electron chi connectivity index (χ4n) is 5.13. The third-order valence-corrected chi connectivity index (χ3v) is 6.44. The van der Waals surface area contributed by atoms with Crippen molar-refractivity contribution in [2.45, 2.75) is 11.6 Å². The summed E-state index contributed by atoms with van der Waals surface area (Å²) in [5, 5.41) is 17.6. The summed E-state index contributed by atoms with van der Waals surface area (Å²) in [5.41, 5.74) is -0.550. The highest BCUT2D eigenvalue weighted by Gasteiger charge is 2.67. The van der Waals surface area contributed by atoms with Crippen LogP contribution < -0.4 is 15.4 Å². The van der Waals surface area contributed by atoms with Crippen LogP contribution in [0.3, 0.4) is 0 Å². The molecule has 7 heteroatoms. The van der Waals surface area contributed by atoms with Gasteiger partial charge in [-0.1, -0.05) is 60.7 Å². The van der Waals surface area contributed by atoms with Gasteiger partial charge in [-0.2, -0.15) is 0 Å². The molecule has 7 nitrogen and oxygen atoms in total. The van der Waals surface area contributed by atoms with E-state index in [9.17, 15) is 19.5 Å². The van der Waals surface area contributed by atoms with Gasteiger partial charge in [-0.3, -0.25) is 20.2 Å². The fourth-order valence-corrected chi connectivity index (χ4v) is 5.13. The first kappa shape index (κ1) is 19.3. The van der Waals surface area contributed by atoms with Gasteiger partial charge in [0.15, 0.2) is 5.54 Å². The van der Waals surface area contributed by atoms with Crippen LogP contribution in [0.2, 0.25) is 0 Å². The van der Waals surface area contributed by atoms with Gasteiger partial charge in [-0.25, -0.2) is 4.79 Å². The van der Waals surface area contributed by atoms with Crippen molar-refractivity contribution in [2.75, 3.05) is 7.11 Å². The average Bonchev–Trinajstić information content (AvgIpc) is 3.30. The third kappa shape index (κ3) is 2.60. The molecule has 2 heterocycles. The first-order valence-electron chi connectivity index (χ1n) is 9.96. The molecule has 4 atom stereocenters. The topological polar surface area (TPSA) is 105 Å². The Hall–Kier alpha value is -3.71. The zero-order valence-electron chi connectivity index (χ0n) is 16.7. The summed E-state index contributed by atoms with van der Waals surface area (Å²) in [6.07, 6.45) is 0. The summed E-state index contributed by atoms with van der Waals surface area (Å²) in [5.74, 6) is -3.50. The lowest BCUT2D eigenvalue weighted by Gasteiger charge is -2.30. The molecular formula is C24H20N2O5. The monoisotopic (exact) mass is 416 g/mol. The predicted molar refractivity (Wildman–Crippen MR) is 112 cm³/mol. The molecule has 0 saturated carbocycles. The zero-order chi connectivity index (χ0) is 21.8. The summed E-state index contributed by atoms with van der Waals surface area (Å²) >= 11 is 0. The number of hydrogen-bond donors (Lipinski definition) is 3. The number of carboxylic acids is 1. The van der Waals surface area contributed by atoms with E-state index < -0.39 is 41.2 Å². The van der Waals surface area contributed by atoms with Crippen LogP contribution in [0.5, 0.6) is 5.75 Å². The smallest absolute Gasteiger partial charge is 0.329 e. The number of nitrogens with one attached hydrogen (secondary N) is 2. The van der Waals surface area contributed by atoms with Crippen LogP contribution in [-0.2, 0) is 19.9 Å². The maximum atomic E-state index is 12.9. The molecular weight excluding hydrogens is 396 g/mol. The number of methoxy groups -OCH3 is 1. The number of ether oxygens (including phenoxy) is 1. The van der Waals surface area contributed by atoms with Crippen LogP contribution >= 0.6 is 0 Å². The Balaban J connectivity index is 1.75. The van der Waals surface area contributed by atoms with Crippen LogP contribution in [0, 0.1) is 11.8 Å². The molecule has 0 aromatic heterocycles. The number of carboxylic acid groups (broad SMARTS) is 1. The first-order chi connectivity index (χ1) is 15.0. The van der Waals surface area contributed by atoms with Gasteiger partial charge >= 0.3 is 5.97 Å². The SMILES string of the molecule is COc1ccc(C2NC(C(=O)O)(c3ccccc3)C3C(=O)NC(=O)C23)c2ccccc12. The number of carbonyl (C=O) groups excluding carboxylic acids is 2. The van der Waals surface area contributed by atoms with Crippen molar-refractivity contribution in [3.63, 3.8) is 0 Å². The third-order valence-electron chi connectivity index (χ3n) is 6.44. The van der Waals surface area contributed by atoms with Crippen molar-refractivity contribution >= 4 is 28.6 Å².